The molecule has 0 aliphatic heterocycles. The van der Waals surface area contributed by atoms with E-state index in [0.29, 0.717) is 11.5 Å². The average molecular weight is 269 g/mol. The number of benzene rings is 1. The van der Waals surface area contributed by atoms with E-state index in [4.69, 9.17) is 5.73 Å². The fourth-order valence-electron chi connectivity index (χ4n) is 3.23. The first kappa shape index (κ1) is 14.4. The molecule has 0 aromatic heterocycles. The summed E-state index contributed by atoms with van der Waals surface area (Å²) in [5.74, 6) is -1.13. The highest BCUT2D eigenvalue weighted by Gasteiger charge is 2.35. The molecule has 2 nitrogen and oxygen atoms in total. The fraction of sp³-hybridized carbons (Fsp3) is 0.600. The second kappa shape index (κ2) is 5.97. The summed E-state index contributed by atoms with van der Waals surface area (Å²) in [6.07, 6.45) is 2.46. The Balaban J connectivity index is 2.23. The van der Waals surface area contributed by atoms with Crippen molar-refractivity contribution < 1.29 is 13.9 Å². The summed E-state index contributed by atoms with van der Waals surface area (Å²) in [4.78, 5) is 0. The van der Waals surface area contributed by atoms with Crippen molar-refractivity contribution >= 4 is 0 Å². The molecule has 0 bridgehead atoms. The van der Waals surface area contributed by atoms with Gasteiger partial charge in [-0.05, 0) is 29.9 Å². The van der Waals surface area contributed by atoms with Gasteiger partial charge in [0, 0.05) is 18.5 Å². The van der Waals surface area contributed by atoms with E-state index >= 15 is 0 Å². The number of aliphatic hydroxyl groups excluding tert-OH is 1. The van der Waals surface area contributed by atoms with Crippen LogP contribution in [-0.4, -0.2) is 17.8 Å². The maximum atomic E-state index is 13.8. The van der Waals surface area contributed by atoms with E-state index in [1.165, 1.54) is 12.1 Å². The molecule has 1 aromatic carbocycles. The lowest BCUT2D eigenvalue weighted by atomic mass is 9.81. The van der Waals surface area contributed by atoms with Crippen LogP contribution >= 0.6 is 0 Å². The third-order valence-electron chi connectivity index (χ3n) is 4.39. The third-order valence-corrected chi connectivity index (χ3v) is 4.39. The number of nitrogens with two attached hydrogens (primary N) is 1. The van der Waals surface area contributed by atoms with Crippen molar-refractivity contribution in [3.8, 4) is 0 Å². The number of hydrogen-bond acceptors (Lipinski definition) is 2. The number of halogens is 2. The number of aliphatic hydroxyl groups is 1. The molecule has 0 saturated heterocycles. The van der Waals surface area contributed by atoms with Crippen LogP contribution in [0.5, 0.6) is 0 Å². The van der Waals surface area contributed by atoms with Gasteiger partial charge in [0.15, 0.2) is 0 Å². The Hall–Kier alpha value is -1.00. The smallest absolute Gasteiger partial charge is 0.129 e. The molecule has 1 aliphatic carbocycles. The molecule has 1 aromatic rings. The van der Waals surface area contributed by atoms with E-state index in [9.17, 15) is 13.9 Å². The molecule has 1 fully saturated rings. The van der Waals surface area contributed by atoms with Crippen molar-refractivity contribution in [1.29, 1.82) is 0 Å². The molecule has 1 saturated carbocycles. The zero-order valence-electron chi connectivity index (χ0n) is 11.2. The summed E-state index contributed by atoms with van der Waals surface area (Å²) in [6, 6.07) is 3.46. The zero-order chi connectivity index (χ0) is 14.0. The maximum absolute atomic E-state index is 13.8. The summed E-state index contributed by atoms with van der Waals surface area (Å²) >= 11 is 0. The molecule has 106 valence electrons. The Bertz CT molecular complexity index is 438. The number of rotatable bonds is 4. The van der Waals surface area contributed by atoms with Crippen molar-refractivity contribution in [2.24, 2.45) is 17.6 Å². The SMILES string of the molecule is CC1CCCC1C(O)C(CN)c1ccc(F)cc1F. The van der Waals surface area contributed by atoms with E-state index in [0.717, 1.165) is 25.3 Å². The summed E-state index contributed by atoms with van der Waals surface area (Å²) < 4.78 is 26.8. The Morgan fingerprint density at radius 1 is 1.37 bits per heavy atom. The van der Waals surface area contributed by atoms with Crippen LogP contribution in [0.25, 0.3) is 0 Å². The van der Waals surface area contributed by atoms with Gasteiger partial charge in [0.2, 0.25) is 0 Å². The summed E-state index contributed by atoms with van der Waals surface area (Å²) in [6.45, 7) is 2.27. The Morgan fingerprint density at radius 3 is 2.63 bits per heavy atom. The fourth-order valence-corrected chi connectivity index (χ4v) is 3.23. The van der Waals surface area contributed by atoms with Gasteiger partial charge >= 0.3 is 0 Å². The molecule has 2 rings (SSSR count). The highest BCUT2D eigenvalue weighted by atomic mass is 19.1. The summed E-state index contributed by atoms with van der Waals surface area (Å²) in [5.41, 5.74) is 6.02. The molecular weight excluding hydrogens is 248 g/mol. The van der Waals surface area contributed by atoms with Gasteiger partial charge in [-0.1, -0.05) is 25.8 Å². The highest BCUT2D eigenvalue weighted by Crippen LogP contribution is 2.38. The molecule has 4 heteroatoms. The minimum absolute atomic E-state index is 0.151. The van der Waals surface area contributed by atoms with E-state index in [2.05, 4.69) is 6.92 Å². The van der Waals surface area contributed by atoms with Gasteiger partial charge < -0.3 is 10.8 Å². The van der Waals surface area contributed by atoms with E-state index in [-0.39, 0.29) is 12.5 Å². The maximum Gasteiger partial charge on any atom is 0.129 e. The predicted octanol–water partition coefficient (Wildman–Crippen LogP) is 2.80. The Labute approximate surface area is 112 Å². The minimum Gasteiger partial charge on any atom is -0.392 e. The molecule has 0 amide bonds. The highest BCUT2D eigenvalue weighted by molar-refractivity contribution is 5.24. The molecule has 4 atom stereocenters. The second-order valence-electron chi connectivity index (χ2n) is 5.57. The van der Waals surface area contributed by atoms with Crippen LogP contribution in [0.2, 0.25) is 0 Å². The van der Waals surface area contributed by atoms with Gasteiger partial charge in [0.05, 0.1) is 6.10 Å². The Morgan fingerprint density at radius 2 is 2.11 bits per heavy atom. The molecule has 0 spiro atoms. The van der Waals surface area contributed by atoms with Crippen LogP contribution in [0.3, 0.4) is 0 Å². The van der Waals surface area contributed by atoms with Crippen molar-refractivity contribution in [1.82, 2.24) is 0 Å². The average Bonchev–Trinajstić information content (AvgIpc) is 2.78. The van der Waals surface area contributed by atoms with Crippen LogP contribution in [0.4, 0.5) is 8.78 Å². The molecule has 19 heavy (non-hydrogen) atoms. The van der Waals surface area contributed by atoms with Crippen LogP contribution in [0.15, 0.2) is 18.2 Å². The van der Waals surface area contributed by atoms with E-state index in [1.807, 2.05) is 0 Å². The lowest BCUT2D eigenvalue weighted by molar-refractivity contribution is 0.0654. The minimum atomic E-state index is -0.664. The van der Waals surface area contributed by atoms with Crippen LogP contribution in [-0.2, 0) is 0 Å². The Kier molecular flexibility index (Phi) is 4.53. The van der Waals surface area contributed by atoms with Gasteiger partial charge in [-0.15, -0.1) is 0 Å². The van der Waals surface area contributed by atoms with Gasteiger partial charge in [0.1, 0.15) is 11.6 Å². The van der Waals surface area contributed by atoms with Crippen LogP contribution in [0, 0.1) is 23.5 Å². The lowest BCUT2D eigenvalue weighted by Crippen LogP contribution is -2.34. The summed E-state index contributed by atoms with van der Waals surface area (Å²) in [7, 11) is 0. The predicted molar refractivity (Wildman–Crippen MR) is 70.7 cm³/mol. The van der Waals surface area contributed by atoms with Gasteiger partial charge in [-0.2, -0.15) is 0 Å². The zero-order valence-corrected chi connectivity index (χ0v) is 11.2. The third kappa shape index (κ3) is 2.95. The largest absolute Gasteiger partial charge is 0.392 e. The number of hydrogen-bond donors (Lipinski definition) is 2. The van der Waals surface area contributed by atoms with Gasteiger partial charge in [0.25, 0.3) is 0 Å². The quantitative estimate of drug-likeness (QED) is 0.883. The molecule has 1 aliphatic rings. The van der Waals surface area contributed by atoms with Gasteiger partial charge in [-0.3, -0.25) is 0 Å². The van der Waals surface area contributed by atoms with E-state index in [1.54, 1.807) is 0 Å². The van der Waals surface area contributed by atoms with Crippen molar-refractivity contribution in [3.63, 3.8) is 0 Å². The van der Waals surface area contributed by atoms with E-state index < -0.39 is 23.7 Å². The van der Waals surface area contributed by atoms with Crippen LogP contribution in [0.1, 0.15) is 37.7 Å². The topological polar surface area (TPSA) is 46.2 Å². The van der Waals surface area contributed by atoms with Crippen molar-refractivity contribution in [3.05, 3.63) is 35.4 Å². The van der Waals surface area contributed by atoms with Crippen molar-refractivity contribution in [2.75, 3.05) is 6.54 Å². The standard InChI is InChI=1S/C15H21F2NO/c1-9-3-2-4-11(9)15(19)13(8-18)12-6-5-10(16)7-14(12)17/h5-7,9,11,13,15,19H,2-4,8,18H2,1H3. The molecular formula is C15H21F2NO. The van der Waals surface area contributed by atoms with Crippen LogP contribution < -0.4 is 5.73 Å². The second-order valence-corrected chi connectivity index (χ2v) is 5.57. The normalized spacial score (nSPS) is 26.4. The first-order chi connectivity index (χ1) is 9.04. The molecule has 0 radical (unpaired) electrons. The molecule has 0 heterocycles. The first-order valence-electron chi connectivity index (χ1n) is 6.87. The molecule has 4 unspecified atom stereocenters. The monoisotopic (exact) mass is 269 g/mol. The van der Waals surface area contributed by atoms with Gasteiger partial charge in [-0.25, -0.2) is 8.78 Å². The molecule has 3 N–H and O–H groups in total. The summed E-state index contributed by atoms with van der Waals surface area (Å²) in [5, 5.41) is 10.5. The lowest BCUT2D eigenvalue weighted by Gasteiger charge is -2.29. The first-order valence-corrected chi connectivity index (χ1v) is 6.87. The van der Waals surface area contributed by atoms with Crippen molar-refractivity contribution in [2.45, 2.75) is 38.2 Å².